The number of nitrogens with zero attached hydrogens (tertiary/aromatic N) is 2. The lowest BCUT2D eigenvalue weighted by atomic mass is 10.1. The van der Waals surface area contributed by atoms with E-state index in [-0.39, 0.29) is 5.91 Å². The molecule has 0 saturated carbocycles. The van der Waals surface area contributed by atoms with Crippen LogP contribution in [0, 0.1) is 13.8 Å². The zero-order valence-electron chi connectivity index (χ0n) is 15.4. The molecule has 27 heavy (non-hydrogen) atoms. The highest BCUT2D eigenvalue weighted by molar-refractivity contribution is 7.98. The zero-order valence-corrected chi connectivity index (χ0v) is 16.2. The summed E-state index contributed by atoms with van der Waals surface area (Å²) < 4.78 is 1.89. The summed E-state index contributed by atoms with van der Waals surface area (Å²) in [6.45, 7) is 4.18. The van der Waals surface area contributed by atoms with Gasteiger partial charge in [-0.1, -0.05) is 42.5 Å². The molecular formula is C22H21N3OS. The summed E-state index contributed by atoms with van der Waals surface area (Å²) in [5.74, 6) is 2.39. The largest absolute Gasteiger partial charge is 0.307 e. The van der Waals surface area contributed by atoms with Crippen LogP contribution in [-0.4, -0.2) is 15.7 Å². The SMILES string of the molecule is Cc1cccc(-n2nc3c(c2NC(=O)C=Cc2ccccc2)CSC3)c1C. The third kappa shape index (κ3) is 3.55. The number of anilines is 1. The third-order valence-electron chi connectivity index (χ3n) is 4.82. The van der Waals surface area contributed by atoms with Crippen molar-refractivity contribution in [3.05, 3.63) is 82.6 Å². The monoisotopic (exact) mass is 375 g/mol. The molecule has 1 aliphatic rings. The number of hydrogen-bond donors (Lipinski definition) is 1. The highest BCUT2D eigenvalue weighted by Crippen LogP contribution is 2.36. The number of nitrogens with one attached hydrogen (secondary N) is 1. The molecule has 4 rings (SSSR count). The molecule has 1 aliphatic heterocycles. The third-order valence-corrected chi connectivity index (χ3v) is 5.79. The smallest absolute Gasteiger partial charge is 0.249 e. The fourth-order valence-corrected chi connectivity index (χ4v) is 4.21. The van der Waals surface area contributed by atoms with E-state index in [4.69, 9.17) is 5.10 Å². The van der Waals surface area contributed by atoms with Crippen molar-refractivity contribution in [1.29, 1.82) is 0 Å². The van der Waals surface area contributed by atoms with Crippen LogP contribution < -0.4 is 5.32 Å². The van der Waals surface area contributed by atoms with Crippen LogP contribution in [-0.2, 0) is 16.3 Å². The molecule has 2 heterocycles. The Bertz CT molecular complexity index is 1020. The summed E-state index contributed by atoms with van der Waals surface area (Å²) in [4.78, 5) is 12.6. The first-order valence-corrected chi connectivity index (χ1v) is 10.1. The average molecular weight is 375 g/mol. The number of benzene rings is 2. The van der Waals surface area contributed by atoms with E-state index in [9.17, 15) is 4.79 Å². The number of thioether (sulfide) groups is 1. The molecule has 0 saturated heterocycles. The van der Waals surface area contributed by atoms with Crippen LogP contribution in [0.25, 0.3) is 11.8 Å². The van der Waals surface area contributed by atoms with Crippen LogP contribution in [0.3, 0.4) is 0 Å². The summed E-state index contributed by atoms with van der Waals surface area (Å²) in [5, 5.41) is 7.86. The van der Waals surface area contributed by atoms with E-state index < -0.39 is 0 Å². The Balaban J connectivity index is 1.67. The van der Waals surface area contributed by atoms with Crippen LogP contribution in [0.1, 0.15) is 27.9 Å². The standard InChI is InChI=1S/C22H21N3OS/c1-15-7-6-10-20(16(15)2)25-22(18-13-27-14-19(18)24-25)23-21(26)12-11-17-8-4-3-5-9-17/h3-12H,13-14H2,1-2H3,(H,23,26). The molecular weight excluding hydrogens is 354 g/mol. The minimum Gasteiger partial charge on any atom is -0.307 e. The van der Waals surface area contributed by atoms with Crippen molar-refractivity contribution >= 4 is 29.6 Å². The zero-order chi connectivity index (χ0) is 18.8. The first-order valence-electron chi connectivity index (χ1n) is 8.92. The van der Waals surface area contributed by atoms with Gasteiger partial charge in [0.15, 0.2) is 0 Å². The first-order chi connectivity index (χ1) is 13.1. The van der Waals surface area contributed by atoms with E-state index in [1.165, 1.54) is 11.1 Å². The maximum absolute atomic E-state index is 12.6. The van der Waals surface area contributed by atoms with E-state index >= 15 is 0 Å². The summed E-state index contributed by atoms with van der Waals surface area (Å²) >= 11 is 1.83. The molecule has 1 amide bonds. The van der Waals surface area contributed by atoms with Crippen molar-refractivity contribution in [2.45, 2.75) is 25.4 Å². The van der Waals surface area contributed by atoms with Gasteiger partial charge in [0.25, 0.3) is 0 Å². The predicted molar refractivity (Wildman–Crippen MR) is 112 cm³/mol. The number of hydrogen-bond acceptors (Lipinski definition) is 3. The maximum Gasteiger partial charge on any atom is 0.249 e. The number of aryl methyl sites for hydroxylation is 1. The molecule has 1 aromatic heterocycles. The first kappa shape index (κ1) is 17.6. The molecule has 5 heteroatoms. The molecule has 1 N–H and O–H groups in total. The molecule has 4 nitrogen and oxygen atoms in total. The summed E-state index contributed by atoms with van der Waals surface area (Å²) in [6.07, 6.45) is 3.40. The molecule has 0 radical (unpaired) electrons. The highest BCUT2D eigenvalue weighted by atomic mass is 32.2. The second kappa shape index (κ2) is 7.45. The Hall–Kier alpha value is -2.79. The van der Waals surface area contributed by atoms with Gasteiger partial charge in [-0.2, -0.15) is 16.9 Å². The van der Waals surface area contributed by atoms with Gasteiger partial charge in [0, 0.05) is 23.1 Å². The van der Waals surface area contributed by atoms with Gasteiger partial charge >= 0.3 is 0 Å². The molecule has 136 valence electrons. The Morgan fingerprint density at radius 2 is 1.93 bits per heavy atom. The topological polar surface area (TPSA) is 46.9 Å². The van der Waals surface area contributed by atoms with Gasteiger partial charge < -0.3 is 5.32 Å². The van der Waals surface area contributed by atoms with Gasteiger partial charge in [-0.3, -0.25) is 4.79 Å². The van der Waals surface area contributed by atoms with Gasteiger partial charge in [-0.05, 0) is 42.7 Å². The number of carbonyl (C=O) groups excluding carboxylic acids is 1. The Labute approximate surface area is 163 Å². The molecule has 2 aromatic carbocycles. The van der Waals surface area contributed by atoms with E-state index in [0.717, 1.165) is 39.8 Å². The van der Waals surface area contributed by atoms with Gasteiger partial charge in [-0.15, -0.1) is 0 Å². The van der Waals surface area contributed by atoms with Crippen molar-refractivity contribution < 1.29 is 4.79 Å². The molecule has 0 aliphatic carbocycles. The van der Waals surface area contributed by atoms with E-state index in [1.54, 1.807) is 6.08 Å². The minimum absolute atomic E-state index is 0.148. The van der Waals surface area contributed by atoms with E-state index in [2.05, 4.69) is 25.2 Å². The lowest BCUT2D eigenvalue weighted by Crippen LogP contribution is -2.14. The summed E-state index contributed by atoms with van der Waals surface area (Å²) in [6, 6.07) is 16.0. The van der Waals surface area contributed by atoms with E-state index in [0.29, 0.717) is 0 Å². The van der Waals surface area contributed by atoms with Crippen LogP contribution >= 0.6 is 11.8 Å². The van der Waals surface area contributed by atoms with Crippen LogP contribution in [0.15, 0.2) is 54.6 Å². The van der Waals surface area contributed by atoms with Gasteiger partial charge in [0.2, 0.25) is 5.91 Å². The normalized spacial score (nSPS) is 13.1. The number of amides is 1. The number of aromatic nitrogens is 2. The van der Waals surface area contributed by atoms with Crippen molar-refractivity contribution in [2.24, 2.45) is 0 Å². The molecule has 0 spiro atoms. The lowest BCUT2D eigenvalue weighted by Gasteiger charge is -2.13. The number of fused-ring (bicyclic) bond motifs is 1. The Morgan fingerprint density at radius 3 is 2.74 bits per heavy atom. The van der Waals surface area contributed by atoms with Crippen molar-refractivity contribution in [3.8, 4) is 5.69 Å². The highest BCUT2D eigenvalue weighted by Gasteiger charge is 2.25. The predicted octanol–water partition coefficient (Wildman–Crippen LogP) is 4.89. The van der Waals surface area contributed by atoms with Crippen molar-refractivity contribution in [3.63, 3.8) is 0 Å². The average Bonchev–Trinajstić information content (AvgIpc) is 3.26. The minimum atomic E-state index is -0.148. The molecule has 0 fully saturated rings. The van der Waals surface area contributed by atoms with Crippen LogP contribution in [0.5, 0.6) is 0 Å². The van der Waals surface area contributed by atoms with Gasteiger partial charge in [0.05, 0.1) is 11.4 Å². The van der Waals surface area contributed by atoms with Gasteiger partial charge in [-0.25, -0.2) is 4.68 Å². The number of rotatable bonds is 4. The van der Waals surface area contributed by atoms with Crippen molar-refractivity contribution in [2.75, 3.05) is 5.32 Å². The maximum atomic E-state index is 12.6. The quantitative estimate of drug-likeness (QED) is 0.661. The number of carbonyl (C=O) groups is 1. The van der Waals surface area contributed by atoms with Gasteiger partial charge in [0.1, 0.15) is 5.82 Å². The van der Waals surface area contributed by atoms with E-state index in [1.807, 2.05) is 65.0 Å². The Morgan fingerprint density at radius 1 is 1.11 bits per heavy atom. The fraction of sp³-hybridized carbons (Fsp3) is 0.182. The molecule has 0 bridgehead atoms. The second-order valence-electron chi connectivity index (χ2n) is 6.63. The fourth-order valence-electron chi connectivity index (χ4n) is 3.18. The Kier molecular flexibility index (Phi) is 4.86. The summed E-state index contributed by atoms with van der Waals surface area (Å²) in [7, 11) is 0. The summed E-state index contributed by atoms with van der Waals surface area (Å²) in [5.41, 5.74) is 6.57. The molecule has 0 atom stereocenters. The van der Waals surface area contributed by atoms with Crippen LogP contribution in [0.4, 0.5) is 5.82 Å². The van der Waals surface area contributed by atoms with Crippen molar-refractivity contribution in [1.82, 2.24) is 9.78 Å². The lowest BCUT2D eigenvalue weighted by molar-refractivity contribution is -0.111. The van der Waals surface area contributed by atoms with Crippen LogP contribution in [0.2, 0.25) is 0 Å². The molecule has 0 unspecified atom stereocenters. The second-order valence-corrected chi connectivity index (χ2v) is 7.62. The molecule has 3 aromatic rings.